The van der Waals surface area contributed by atoms with Crippen LogP contribution in [0.2, 0.25) is 0 Å². The first kappa shape index (κ1) is 22.6. The normalized spacial score (nSPS) is 11.5. The fourth-order valence-corrected chi connectivity index (χ4v) is 4.48. The molecule has 0 spiro atoms. The van der Waals surface area contributed by atoms with Crippen LogP contribution in [0.5, 0.6) is 0 Å². The van der Waals surface area contributed by atoms with Gasteiger partial charge in [0.2, 0.25) is 0 Å². The van der Waals surface area contributed by atoms with Crippen LogP contribution in [-0.2, 0) is 0 Å². The van der Waals surface area contributed by atoms with Crippen LogP contribution < -0.4 is 9.30 Å². The third-order valence-electron chi connectivity index (χ3n) is 6.39. The number of rotatable bonds is 5. The summed E-state index contributed by atoms with van der Waals surface area (Å²) in [5.74, 6) is 1.33. The minimum absolute atomic E-state index is 0.600. The fraction of sp³-hybridized carbons (Fsp3) is 0.0968. The molecule has 37 heavy (non-hydrogen) atoms. The predicted octanol–water partition coefficient (Wildman–Crippen LogP) is 5.74. The maximum Gasteiger partial charge on any atom is 0.389 e. The zero-order chi connectivity index (χ0) is 25.4. The Hall–Kier alpha value is -4.84. The van der Waals surface area contributed by atoms with E-state index in [2.05, 4.69) is 71.6 Å². The third-order valence-corrected chi connectivity index (χ3v) is 6.39. The summed E-state index contributed by atoms with van der Waals surface area (Å²) in [4.78, 5) is 11.9. The number of hydrogen-bond acceptors (Lipinski definition) is 4. The van der Waals surface area contributed by atoms with Gasteiger partial charge < -0.3 is 4.90 Å². The van der Waals surface area contributed by atoms with E-state index in [1.54, 1.807) is 0 Å². The van der Waals surface area contributed by atoms with Gasteiger partial charge in [-0.3, -0.25) is 0 Å². The van der Waals surface area contributed by atoms with Crippen molar-refractivity contribution in [2.45, 2.75) is 6.92 Å². The average molecular weight is 484 g/mol. The van der Waals surface area contributed by atoms with Crippen LogP contribution in [0, 0.1) is 6.92 Å². The quantitative estimate of drug-likeness (QED) is 0.293. The minimum atomic E-state index is 0.600. The zero-order valence-corrected chi connectivity index (χ0v) is 21.1. The lowest BCUT2D eigenvalue weighted by molar-refractivity contribution is -0.475. The van der Waals surface area contributed by atoms with Crippen molar-refractivity contribution in [1.82, 2.24) is 19.6 Å². The van der Waals surface area contributed by atoms with Crippen molar-refractivity contribution in [3.63, 3.8) is 0 Å². The topological polar surface area (TPSA) is 50.4 Å². The van der Waals surface area contributed by atoms with Crippen molar-refractivity contribution in [3.8, 4) is 22.5 Å². The van der Waals surface area contributed by atoms with Crippen LogP contribution in [0.1, 0.15) is 17.0 Å². The second kappa shape index (κ2) is 9.32. The fourth-order valence-electron chi connectivity index (χ4n) is 4.48. The SMILES string of the molecule is Cc1cc(/C=C/c2ccc(N(C)C)cc2)n2nc3nc(-c4ccccc4)cc(-c4ccccc4)[n+]3c2n1. The first-order valence-electron chi connectivity index (χ1n) is 12.3. The van der Waals surface area contributed by atoms with Gasteiger partial charge in [-0.2, -0.15) is 4.40 Å². The van der Waals surface area contributed by atoms with E-state index >= 15 is 0 Å². The molecule has 0 aliphatic rings. The molecule has 3 heterocycles. The molecule has 6 rings (SSSR count). The first-order chi connectivity index (χ1) is 18.1. The second-order valence-corrected chi connectivity index (χ2v) is 9.25. The number of nitrogens with zero attached hydrogens (tertiary/aromatic N) is 6. The van der Waals surface area contributed by atoms with Crippen LogP contribution in [0.15, 0.2) is 97.1 Å². The van der Waals surface area contributed by atoms with E-state index in [1.165, 1.54) is 5.69 Å². The van der Waals surface area contributed by atoms with Crippen LogP contribution >= 0.6 is 0 Å². The number of anilines is 1. The summed E-state index contributed by atoms with van der Waals surface area (Å²) in [6.07, 6.45) is 4.19. The van der Waals surface area contributed by atoms with Crippen molar-refractivity contribution in [1.29, 1.82) is 0 Å². The van der Waals surface area contributed by atoms with Gasteiger partial charge in [-0.05, 0) is 30.7 Å². The van der Waals surface area contributed by atoms with E-state index in [0.717, 1.165) is 45.2 Å². The van der Waals surface area contributed by atoms with Gasteiger partial charge in [-0.1, -0.05) is 83.4 Å². The summed E-state index contributed by atoms with van der Waals surface area (Å²) in [7, 11) is 4.09. The van der Waals surface area contributed by atoms with Gasteiger partial charge in [0.25, 0.3) is 0 Å². The molecule has 6 nitrogen and oxygen atoms in total. The van der Waals surface area contributed by atoms with Gasteiger partial charge in [0.15, 0.2) is 0 Å². The molecule has 6 heteroatoms. The number of aryl methyl sites for hydroxylation is 1. The molecule has 0 saturated carbocycles. The van der Waals surface area contributed by atoms with E-state index in [9.17, 15) is 0 Å². The Kier molecular flexibility index (Phi) is 5.69. The Bertz CT molecular complexity index is 1730. The molecule has 180 valence electrons. The summed E-state index contributed by atoms with van der Waals surface area (Å²) in [5.41, 5.74) is 8.12. The second-order valence-electron chi connectivity index (χ2n) is 9.25. The Morgan fingerprint density at radius 2 is 1.43 bits per heavy atom. The summed E-state index contributed by atoms with van der Waals surface area (Å²) >= 11 is 0. The Balaban J connectivity index is 1.55. The maximum absolute atomic E-state index is 4.95. The van der Waals surface area contributed by atoms with E-state index in [-0.39, 0.29) is 0 Å². The predicted molar refractivity (Wildman–Crippen MR) is 149 cm³/mol. The molecule has 0 amide bonds. The molecule has 0 atom stereocenters. The van der Waals surface area contributed by atoms with Gasteiger partial charge in [-0.25, -0.2) is 0 Å². The molecule has 0 N–H and O–H groups in total. The van der Waals surface area contributed by atoms with Gasteiger partial charge in [0, 0.05) is 48.1 Å². The molecule has 0 aliphatic heterocycles. The minimum Gasteiger partial charge on any atom is -0.378 e. The van der Waals surface area contributed by atoms with Gasteiger partial charge in [0.1, 0.15) is 11.4 Å². The van der Waals surface area contributed by atoms with Crippen molar-refractivity contribution < 1.29 is 4.40 Å². The van der Waals surface area contributed by atoms with E-state index in [0.29, 0.717) is 5.78 Å². The number of benzene rings is 3. The lowest BCUT2D eigenvalue weighted by Crippen LogP contribution is -2.27. The molecule has 0 bridgehead atoms. The Morgan fingerprint density at radius 1 is 0.757 bits per heavy atom. The molecule has 0 saturated heterocycles. The van der Waals surface area contributed by atoms with Gasteiger partial charge >= 0.3 is 11.6 Å². The van der Waals surface area contributed by atoms with Gasteiger partial charge in [0.05, 0.1) is 11.4 Å². The van der Waals surface area contributed by atoms with Gasteiger partial charge in [-0.15, -0.1) is 9.97 Å². The third kappa shape index (κ3) is 4.34. The largest absolute Gasteiger partial charge is 0.389 e. The monoisotopic (exact) mass is 483 g/mol. The molecule has 0 fully saturated rings. The lowest BCUT2D eigenvalue weighted by Gasteiger charge is -2.11. The summed E-state index contributed by atoms with van der Waals surface area (Å²) in [5, 5.41) is 4.93. The van der Waals surface area contributed by atoms with Crippen LogP contribution in [-0.4, -0.2) is 33.7 Å². The maximum atomic E-state index is 4.95. The van der Waals surface area contributed by atoms with Crippen molar-refractivity contribution in [2.75, 3.05) is 19.0 Å². The Labute approximate surface area is 215 Å². The highest BCUT2D eigenvalue weighted by molar-refractivity contribution is 5.71. The molecular formula is C31H27N6+. The molecule has 0 radical (unpaired) electrons. The van der Waals surface area contributed by atoms with E-state index in [4.69, 9.17) is 15.1 Å². The van der Waals surface area contributed by atoms with Crippen molar-refractivity contribution >= 4 is 29.4 Å². The molecular weight excluding hydrogens is 456 g/mol. The lowest BCUT2D eigenvalue weighted by atomic mass is 10.1. The molecule has 6 aromatic rings. The molecule has 3 aromatic heterocycles. The number of fused-ring (bicyclic) bond motifs is 3. The number of hydrogen-bond donors (Lipinski definition) is 0. The molecule has 0 unspecified atom stereocenters. The van der Waals surface area contributed by atoms with Crippen LogP contribution in [0.3, 0.4) is 0 Å². The van der Waals surface area contributed by atoms with Crippen molar-refractivity contribution in [2.24, 2.45) is 0 Å². The van der Waals surface area contributed by atoms with E-state index < -0.39 is 0 Å². The Morgan fingerprint density at radius 3 is 2.11 bits per heavy atom. The standard InChI is InChI=1S/C31H27N6/c1-22-20-27(19-16-23-14-17-26(18-15-23)35(2)3)37-31(32-22)36-29(25-12-8-5-9-13-25)21-28(33-30(36)34-37)24-10-6-4-7-11-24/h4-21H,1-3H3/q+1. The first-order valence-corrected chi connectivity index (χ1v) is 12.3. The number of aromatic nitrogens is 5. The summed E-state index contributed by atoms with van der Waals surface area (Å²) < 4.78 is 3.92. The van der Waals surface area contributed by atoms with Crippen molar-refractivity contribution in [3.05, 3.63) is 114 Å². The highest BCUT2D eigenvalue weighted by atomic mass is 15.4. The smallest absolute Gasteiger partial charge is 0.378 e. The molecule has 0 aliphatic carbocycles. The van der Waals surface area contributed by atoms with Crippen LogP contribution in [0.4, 0.5) is 5.69 Å². The highest BCUT2D eigenvalue weighted by Crippen LogP contribution is 2.24. The highest BCUT2D eigenvalue weighted by Gasteiger charge is 2.23. The average Bonchev–Trinajstić information content (AvgIpc) is 3.31. The van der Waals surface area contributed by atoms with E-state index in [1.807, 2.05) is 72.4 Å². The summed E-state index contributed by atoms with van der Waals surface area (Å²) in [6, 6.07) is 33.2. The van der Waals surface area contributed by atoms with Crippen LogP contribution in [0.25, 0.3) is 46.2 Å². The summed E-state index contributed by atoms with van der Waals surface area (Å²) in [6.45, 7) is 2.01. The zero-order valence-electron chi connectivity index (χ0n) is 21.1. The molecule has 3 aromatic carbocycles.